The average molecular weight is 574 g/mol. The molecule has 7 rings (SSSR count). The van der Waals surface area contributed by atoms with E-state index in [-0.39, 0.29) is 17.6 Å². The van der Waals surface area contributed by atoms with Crippen LogP contribution in [0.3, 0.4) is 0 Å². The first-order chi connectivity index (χ1) is 19.9. The number of benzene rings is 3. The van der Waals surface area contributed by atoms with E-state index in [2.05, 4.69) is 15.5 Å². The number of methoxy groups -OCH3 is 3. The molecule has 0 aliphatic carbocycles. The molecule has 4 atom stereocenters. The molecule has 0 unspecified atom stereocenters. The van der Waals surface area contributed by atoms with Crippen LogP contribution in [0.15, 0.2) is 54.6 Å². The number of halogens is 1. The fraction of sp³-hybridized carbons (Fsp3) is 0.323. The van der Waals surface area contributed by atoms with Crippen LogP contribution in [0, 0.1) is 5.92 Å². The molecule has 10 heteroatoms. The summed E-state index contributed by atoms with van der Waals surface area (Å²) in [5.74, 6) is -0.935. The Morgan fingerprint density at radius 2 is 1.63 bits per heavy atom. The number of nitrogens with one attached hydrogen (secondary N) is 2. The van der Waals surface area contributed by atoms with Crippen LogP contribution in [-0.2, 0) is 20.5 Å². The molecule has 2 spiro atoms. The van der Waals surface area contributed by atoms with Crippen molar-refractivity contribution in [3.05, 3.63) is 76.3 Å². The number of ketones is 1. The number of anilines is 2. The Morgan fingerprint density at radius 1 is 0.927 bits per heavy atom. The van der Waals surface area contributed by atoms with Gasteiger partial charge in [-0.2, -0.15) is 0 Å². The molecule has 210 valence electrons. The number of hydrogen-bond donors (Lipinski definition) is 2. The van der Waals surface area contributed by atoms with Crippen LogP contribution in [0.5, 0.6) is 17.2 Å². The van der Waals surface area contributed by atoms with Crippen molar-refractivity contribution >= 4 is 40.6 Å². The number of fused-ring (bicyclic) bond motifs is 7. The van der Waals surface area contributed by atoms with Crippen LogP contribution in [0.4, 0.5) is 11.4 Å². The second-order valence-electron chi connectivity index (χ2n) is 10.8. The number of rotatable bonds is 5. The van der Waals surface area contributed by atoms with Gasteiger partial charge in [0, 0.05) is 22.9 Å². The molecule has 4 aliphatic heterocycles. The maximum atomic E-state index is 15.0. The van der Waals surface area contributed by atoms with E-state index in [1.165, 1.54) is 21.3 Å². The van der Waals surface area contributed by atoms with Crippen LogP contribution < -0.4 is 24.8 Å². The summed E-state index contributed by atoms with van der Waals surface area (Å²) in [5, 5.41) is 6.42. The summed E-state index contributed by atoms with van der Waals surface area (Å²) in [4.78, 5) is 46.1. The molecule has 0 saturated carbocycles. The van der Waals surface area contributed by atoms with Gasteiger partial charge < -0.3 is 24.8 Å². The second-order valence-corrected chi connectivity index (χ2v) is 11.2. The zero-order valence-corrected chi connectivity index (χ0v) is 23.5. The number of hydrogen-bond acceptors (Lipinski definition) is 7. The summed E-state index contributed by atoms with van der Waals surface area (Å²) in [6, 6.07) is 15.5. The zero-order chi connectivity index (χ0) is 28.7. The highest BCUT2D eigenvalue weighted by molar-refractivity contribution is 6.35. The highest BCUT2D eigenvalue weighted by atomic mass is 35.5. The van der Waals surface area contributed by atoms with Crippen LogP contribution in [0.1, 0.15) is 34.3 Å². The molecule has 0 bridgehead atoms. The van der Waals surface area contributed by atoms with E-state index in [1.54, 1.807) is 24.3 Å². The number of para-hydroxylation sites is 2. The van der Waals surface area contributed by atoms with Crippen molar-refractivity contribution in [1.29, 1.82) is 0 Å². The average Bonchev–Trinajstić information content (AvgIpc) is 3.71. The largest absolute Gasteiger partial charge is 0.493 e. The van der Waals surface area contributed by atoms with E-state index >= 15 is 0 Å². The van der Waals surface area contributed by atoms with Gasteiger partial charge in [-0.3, -0.25) is 19.3 Å². The molecule has 2 amide bonds. The molecule has 2 N–H and O–H groups in total. The van der Waals surface area contributed by atoms with Gasteiger partial charge in [-0.05, 0) is 49.2 Å². The highest BCUT2D eigenvalue weighted by Gasteiger charge is 2.81. The molecule has 2 fully saturated rings. The van der Waals surface area contributed by atoms with Crippen molar-refractivity contribution in [2.24, 2.45) is 5.92 Å². The van der Waals surface area contributed by atoms with E-state index < -0.39 is 22.9 Å². The number of amides is 2. The predicted octanol–water partition coefficient (Wildman–Crippen LogP) is 4.38. The number of ether oxygens (including phenoxy) is 3. The first-order valence-electron chi connectivity index (χ1n) is 13.5. The van der Waals surface area contributed by atoms with Gasteiger partial charge in [-0.25, -0.2) is 0 Å². The van der Waals surface area contributed by atoms with Crippen molar-refractivity contribution in [3.8, 4) is 17.2 Å². The maximum absolute atomic E-state index is 15.0. The molecular weight excluding hydrogens is 546 g/mol. The highest BCUT2D eigenvalue weighted by Crippen LogP contribution is 2.68. The first kappa shape index (κ1) is 25.9. The maximum Gasteiger partial charge on any atom is 0.251 e. The lowest BCUT2D eigenvalue weighted by atomic mass is 9.57. The standard InChI is InChI=1S/C31H28ClN3O6/c1-39-22-14-16(15-23(40-2)27(22)41-3)26(36)24-21-12-7-13-35(21)31(18-9-6-10-19(32)25(18)34-29(31)38)30(24)17-8-4-5-11-20(17)33-28(30)37/h4-6,8-11,14-15,21,24H,7,12-13H2,1-3H3,(H,33,37)(H,34,38)/t21-,24-,30+,31-/m1/s1. The van der Waals surface area contributed by atoms with Crippen molar-refractivity contribution in [1.82, 2.24) is 4.90 Å². The van der Waals surface area contributed by atoms with Crippen LogP contribution in [0.2, 0.25) is 5.02 Å². The van der Waals surface area contributed by atoms with Crippen molar-refractivity contribution in [3.63, 3.8) is 0 Å². The fourth-order valence-electron chi connectivity index (χ4n) is 7.97. The first-order valence-corrected chi connectivity index (χ1v) is 13.9. The fourth-order valence-corrected chi connectivity index (χ4v) is 8.19. The lowest BCUT2D eigenvalue weighted by Gasteiger charge is -2.43. The van der Waals surface area contributed by atoms with E-state index in [0.717, 1.165) is 6.42 Å². The molecule has 9 nitrogen and oxygen atoms in total. The van der Waals surface area contributed by atoms with Gasteiger partial charge in [0.05, 0.1) is 38.0 Å². The topological polar surface area (TPSA) is 106 Å². The molecule has 4 aliphatic rings. The Balaban J connectivity index is 1.55. The van der Waals surface area contributed by atoms with Gasteiger partial charge in [0.1, 0.15) is 11.0 Å². The Hall–Kier alpha value is -4.08. The smallest absolute Gasteiger partial charge is 0.251 e. The van der Waals surface area contributed by atoms with Crippen LogP contribution in [0.25, 0.3) is 0 Å². The molecule has 3 aromatic carbocycles. The third kappa shape index (κ3) is 2.97. The molecule has 4 heterocycles. The number of Topliss-reactive ketones (excluding diaryl/α,β-unsaturated/α-hetero) is 1. The number of carbonyl (C=O) groups is 3. The van der Waals surface area contributed by atoms with Gasteiger partial charge >= 0.3 is 0 Å². The molecule has 41 heavy (non-hydrogen) atoms. The third-order valence-corrected chi connectivity index (χ3v) is 9.63. The van der Waals surface area contributed by atoms with E-state index in [9.17, 15) is 14.4 Å². The van der Waals surface area contributed by atoms with Gasteiger partial charge in [0.15, 0.2) is 17.3 Å². The molecule has 2 saturated heterocycles. The summed E-state index contributed by atoms with van der Waals surface area (Å²) in [5.41, 5.74) is -0.485. The molecule has 0 aromatic heterocycles. The summed E-state index contributed by atoms with van der Waals surface area (Å²) < 4.78 is 16.6. The van der Waals surface area contributed by atoms with E-state index in [4.69, 9.17) is 25.8 Å². The van der Waals surface area contributed by atoms with Gasteiger partial charge in [0.25, 0.3) is 5.91 Å². The minimum Gasteiger partial charge on any atom is -0.493 e. The van der Waals surface area contributed by atoms with Crippen molar-refractivity contribution in [2.45, 2.75) is 29.8 Å². The Labute approximate surface area is 241 Å². The van der Waals surface area contributed by atoms with Gasteiger partial charge in [-0.1, -0.05) is 41.9 Å². The SMILES string of the molecule is COc1cc(C(=O)[C@H]2[C@H]3CCCN3[C@]3(C(=O)Nc4c(Cl)cccc43)[C@]23C(=O)Nc2ccccc23)cc(OC)c1OC. The number of carbonyl (C=O) groups excluding carboxylic acids is 3. The lowest BCUT2D eigenvalue weighted by molar-refractivity contribution is -0.137. The molecule has 0 radical (unpaired) electrons. The van der Waals surface area contributed by atoms with E-state index in [0.29, 0.717) is 63.3 Å². The monoisotopic (exact) mass is 573 g/mol. The summed E-state index contributed by atoms with van der Waals surface area (Å²) >= 11 is 6.62. The Bertz CT molecular complexity index is 1630. The Kier molecular flexibility index (Phi) is 5.65. The predicted molar refractivity (Wildman–Crippen MR) is 152 cm³/mol. The summed E-state index contributed by atoms with van der Waals surface area (Å²) in [6.45, 7) is 0.542. The van der Waals surface area contributed by atoms with Gasteiger partial charge in [0.2, 0.25) is 11.7 Å². The number of nitrogens with zero attached hydrogens (tertiary/aromatic N) is 1. The second kappa shape index (κ2) is 8.96. The summed E-state index contributed by atoms with van der Waals surface area (Å²) in [6.07, 6.45) is 1.41. The minimum absolute atomic E-state index is 0.284. The lowest BCUT2D eigenvalue weighted by Crippen LogP contribution is -2.62. The minimum atomic E-state index is -1.58. The van der Waals surface area contributed by atoms with Crippen molar-refractivity contribution in [2.75, 3.05) is 38.5 Å². The van der Waals surface area contributed by atoms with E-state index in [1.807, 2.05) is 30.3 Å². The normalized spacial score (nSPS) is 27.4. The third-order valence-electron chi connectivity index (χ3n) is 9.31. The van der Waals surface area contributed by atoms with Crippen LogP contribution >= 0.6 is 11.6 Å². The Morgan fingerprint density at radius 3 is 2.34 bits per heavy atom. The van der Waals surface area contributed by atoms with Crippen molar-refractivity contribution < 1.29 is 28.6 Å². The molecular formula is C31H28ClN3O6. The quantitative estimate of drug-likeness (QED) is 0.436. The van der Waals surface area contributed by atoms with Gasteiger partial charge in [-0.15, -0.1) is 0 Å². The molecule has 3 aromatic rings. The zero-order valence-electron chi connectivity index (χ0n) is 22.7. The van der Waals surface area contributed by atoms with Crippen LogP contribution in [-0.4, -0.2) is 56.4 Å². The summed E-state index contributed by atoms with van der Waals surface area (Å²) in [7, 11) is 4.47.